The number of hydrogen-bond donors (Lipinski definition) is 1. The van der Waals surface area contributed by atoms with Crippen molar-refractivity contribution in [2.45, 2.75) is 68.5 Å². The van der Waals surface area contributed by atoms with E-state index in [1.807, 2.05) is 43.5 Å². The Morgan fingerprint density at radius 3 is 2.58 bits per heavy atom. The van der Waals surface area contributed by atoms with E-state index in [1.54, 1.807) is 11.8 Å². The molecule has 1 unspecified atom stereocenters. The minimum Gasteiger partial charge on any atom is -0.394 e. The SMILES string of the molecule is BCCC[C@H]1C[C@@H](CN(C)C(=O)CC(C)(C)OCCO)C[C@H]1C(C)(F)I. The molecule has 152 valence electrons. The van der Waals surface area contributed by atoms with Gasteiger partial charge in [-0.25, -0.2) is 4.39 Å². The van der Waals surface area contributed by atoms with Gasteiger partial charge < -0.3 is 14.7 Å². The molecular weight excluding hydrogens is 447 g/mol. The lowest BCUT2D eigenvalue weighted by Crippen LogP contribution is -2.38. The molecule has 0 aliphatic heterocycles. The number of carbonyl (C=O) groups excluding carboxylic acids is 1. The number of rotatable bonds is 11. The molecule has 1 aliphatic carbocycles. The number of ether oxygens (including phenoxy) is 1. The predicted octanol–water partition coefficient (Wildman–Crippen LogP) is 3.22. The molecule has 0 aromatic rings. The fourth-order valence-corrected chi connectivity index (χ4v) is 4.92. The summed E-state index contributed by atoms with van der Waals surface area (Å²) in [4.78, 5) is 14.3. The van der Waals surface area contributed by atoms with Crippen LogP contribution in [0.4, 0.5) is 4.39 Å². The summed E-state index contributed by atoms with van der Waals surface area (Å²) in [6.45, 7) is 6.29. The molecule has 4 atom stereocenters. The van der Waals surface area contributed by atoms with E-state index in [2.05, 4.69) is 7.85 Å². The van der Waals surface area contributed by atoms with Crippen molar-refractivity contribution in [3.05, 3.63) is 0 Å². The fourth-order valence-electron chi connectivity index (χ4n) is 4.16. The minimum atomic E-state index is -1.19. The number of aliphatic hydroxyl groups is 1. The Labute approximate surface area is 173 Å². The third-order valence-corrected chi connectivity index (χ3v) is 6.29. The number of halogens is 2. The topological polar surface area (TPSA) is 49.8 Å². The van der Waals surface area contributed by atoms with Crippen molar-refractivity contribution >= 4 is 36.3 Å². The van der Waals surface area contributed by atoms with Crippen LogP contribution in [-0.4, -0.2) is 59.8 Å². The van der Waals surface area contributed by atoms with Gasteiger partial charge in [0.2, 0.25) is 5.91 Å². The molecule has 4 nitrogen and oxygen atoms in total. The fraction of sp³-hybridized carbons (Fsp3) is 0.947. The van der Waals surface area contributed by atoms with Gasteiger partial charge in [-0.2, -0.15) is 0 Å². The van der Waals surface area contributed by atoms with Crippen LogP contribution in [0.2, 0.25) is 6.32 Å². The molecule has 1 rings (SSSR count). The highest BCUT2D eigenvalue weighted by molar-refractivity contribution is 14.1. The van der Waals surface area contributed by atoms with Crippen molar-refractivity contribution in [2.24, 2.45) is 17.8 Å². The molecule has 0 saturated heterocycles. The van der Waals surface area contributed by atoms with Crippen LogP contribution in [0.1, 0.15) is 52.9 Å². The molecular formula is C19H36BFINO3. The molecule has 7 heteroatoms. The number of hydrogen-bond acceptors (Lipinski definition) is 3. The van der Waals surface area contributed by atoms with Gasteiger partial charge in [-0.1, -0.05) is 19.2 Å². The maximum Gasteiger partial charge on any atom is 0.225 e. The summed E-state index contributed by atoms with van der Waals surface area (Å²) >= 11 is 1.95. The minimum absolute atomic E-state index is 0.0407. The van der Waals surface area contributed by atoms with Crippen LogP contribution in [0, 0.1) is 17.8 Å². The Bertz CT molecular complexity index is 445. The third kappa shape index (κ3) is 8.01. The van der Waals surface area contributed by atoms with E-state index < -0.39 is 9.28 Å². The Morgan fingerprint density at radius 2 is 2.04 bits per heavy atom. The highest BCUT2D eigenvalue weighted by Gasteiger charge is 2.44. The van der Waals surface area contributed by atoms with Gasteiger partial charge in [0, 0.05) is 19.5 Å². The van der Waals surface area contributed by atoms with E-state index in [1.165, 1.54) is 0 Å². The maximum atomic E-state index is 14.7. The molecule has 0 heterocycles. The summed E-state index contributed by atoms with van der Waals surface area (Å²) in [7, 11) is 4.00. The van der Waals surface area contributed by atoms with Gasteiger partial charge >= 0.3 is 0 Å². The van der Waals surface area contributed by atoms with E-state index >= 15 is 0 Å². The number of amides is 1. The predicted molar refractivity (Wildman–Crippen MR) is 115 cm³/mol. The first-order valence-corrected chi connectivity index (χ1v) is 10.9. The zero-order chi connectivity index (χ0) is 20.0. The van der Waals surface area contributed by atoms with Gasteiger partial charge in [0.15, 0.2) is 3.68 Å². The van der Waals surface area contributed by atoms with Crippen LogP contribution in [0.5, 0.6) is 0 Å². The van der Waals surface area contributed by atoms with Crippen LogP contribution < -0.4 is 0 Å². The Hall–Kier alpha value is 0.115. The molecule has 0 radical (unpaired) electrons. The highest BCUT2D eigenvalue weighted by atomic mass is 127. The first-order chi connectivity index (χ1) is 12.0. The molecule has 1 amide bonds. The zero-order valence-electron chi connectivity index (χ0n) is 17.1. The Morgan fingerprint density at radius 1 is 1.38 bits per heavy atom. The second kappa shape index (κ2) is 10.6. The van der Waals surface area contributed by atoms with Gasteiger partial charge in [0.1, 0.15) is 7.85 Å². The lowest BCUT2D eigenvalue weighted by molar-refractivity contribution is -0.137. The monoisotopic (exact) mass is 483 g/mol. The maximum absolute atomic E-state index is 14.7. The molecule has 1 fully saturated rings. The van der Waals surface area contributed by atoms with Gasteiger partial charge in [-0.15, -0.1) is 0 Å². The molecule has 0 aromatic carbocycles. The van der Waals surface area contributed by atoms with Crippen molar-refractivity contribution in [3.63, 3.8) is 0 Å². The third-order valence-electron chi connectivity index (χ3n) is 5.49. The lowest BCUT2D eigenvalue weighted by Gasteiger charge is -2.28. The zero-order valence-corrected chi connectivity index (χ0v) is 19.2. The van der Waals surface area contributed by atoms with Crippen LogP contribution in [-0.2, 0) is 9.53 Å². The van der Waals surface area contributed by atoms with Gasteiger partial charge in [0.25, 0.3) is 0 Å². The quantitative estimate of drug-likeness (QED) is 0.279. The Kier molecular flexibility index (Phi) is 9.85. The van der Waals surface area contributed by atoms with Crippen LogP contribution in [0.15, 0.2) is 0 Å². The molecule has 0 bridgehead atoms. The van der Waals surface area contributed by atoms with Gasteiger partial charge in [-0.05, 0) is 68.0 Å². The van der Waals surface area contributed by atoms with Crippen molar-refractivity contribution in [2.75, 3.05) is 26.8 Å². The normalized spacial score (nSPS) is 25.9. The molecule has 1 saturated carbocycles. The van der Waals surface area contributed by atoms with E-state index in [0.717, 1.165) is 32.0 Å². The number of alkyl halides is 2. The second-order valence-corrected chi connectivity index (χ2v) is 10.7. The summed E-state index contributed by atoms with van der Waals surface area (Å²) in [6.07, 6.45) is 5.51. The van der Waals surface area contributed by atoms with Gasteiger partial charge in [-0.3, -0.25) is 4.79 Å². The first-order valence-electron chi connectivity index (χ1n) is 9.86. The van der Waals surface area contributed by atoms with Crippen LogP contribution in [0.25, 0.3) is 0 Å². The summed E-state index contributed by atoms with van der Waals surface area (Å²) in [5.41, 5.74) is -0.588. The number of aliphatic hydroxyl groups excluding tert-OH is 1. The van der Waals surface area contributed by atoms with Crippen molar-refractivity contribution in [1.82, 2.24) is 4.90 Å². The van der Waals surface area contributed by atoms with Crippen molar-refractivity contribution in [3.8, 4) is 0 Å². The highest BCUT2D eigenvalue weighted by Crippen LogP contribution is 2.49. The van der Waals surface area contributed by atoms with Gasteiger partial charge in [0.05, 0.1) is 25.2 Å². The summed E-state index contributed by atoms with van der Waals surface area (Å²) in [5.74, 6) is 0.897. The van der Waals surface area contributed by atoms with Crippen LogP contribution in [0.3, 0.4) is 0 Å². The van der Waals surface area contributed by atoms with Crippen molar-refractivity contribution in [1.29, 1.82) is 0 Å². The summed E-state index contributed by atoms with van der Waals surface area (Å²) < 4.78 is 19.0. The summed E-state index contributed by atoms with van der Waals surface area (Å²) in [5, 5.41) is 8.89. The molecule has 1 aliphatic rings. The smallest absolute Gasteiger partial charge is 0.225 e. The lowest BCUT2D eigenvalue weighted by atomic mass is 9.86. The number of carbonyl (C=O) groups is 1. The second-order valence-electron chi connectivity index (χ2n) is 8.59. The molecule has 26 heavy (non-hydrogen) atoms. The molecule has 0 spiro atoms. The molecule has 1 N–H and O–H groups in total. The number of nitrogens with zero attached hydrogens (tertiary/aromatic N) is 1. The van der Waals surface area contributed by atoms with E-state index in [9.17, 15) is 9.18 Å². The molecule has 0 aromatic heterocycles. The largest absolute Gasteiger partial charge is 0.394 e. The average Bonchev–Trinajstić information content (AvgIpc) is 2.93. The summed E-state index contributed by atoms with van der Waals surface area (Å²) in [6, 6.07) is 0. The standard InChI is InChI=1S/C19H36BFINO3/c1-18(2,26-9-8-24)12-17(25)23(4)13-14-10-15(6-5-7-20)16(11-14)19(3,21)22/h14-16,24H,5-13,20H2,1-4H3/t14-,15+,16-,19?/m1/s1. The van der Waals surface area contributed by atoms with Crippen LogP contribution >= 0.6 is 22.6 Å². The van der Waals surface area contributed by atoms with Crippen molar-refractivity contribution < 1.29 is 19.0 Å². The van der Waals surface area contributed by atoms with E-state index in [-0.39, 0.29) is 31.5 Å². The average molecular weight is 483 g/mol. The Balaban J connectivity index is 2.60. The van der Waals surface area contributed by atoms with E-state index in [4.69, 9.17) is 9.84 Å². The van der Waals surface area contributed by atoms with E-state index in [0.29, 0.717) is 18.4 Å². The first kappa shape index (κ1) is 24.2.